The summed E-state index contributed by atoms with van der Waals surface area (Å²) in [5.74, 6) is -0.548. The van der Waals surface area contributed by atoms with E-state index in [2.05, 4.69) is 15.0 Å². The van der Waals surface area contributed by atoms with Crippen LogP contribution in [0.4, 0.5) is 24.7 Å². The number of carbonyl (C=O) groups is 1. The van der Waals surface area contributed by atoms with Gasteiger partial charge < -0.3 is 5.32 Å². The number of anilines is 2. The lowest BCUT2D eigenvalue weighted by Gasteiger charge is -2.15. The second kappa shape index (κ2) is 7.78. The number of aromatic nitrogens is 1. The summed E-state index contributed by atoms with van der Waals surface area (Å²) in [4.78, 5) is 16.1. The van der Waals surface area contributed by atoms with Crippen molar-refractivity contribution >= 4 is 27.4 Å². The summed E-state index contributed by atoms with van der Waals surface area (Å²) in [5, 5.41) is 1.86. The third-order valence-electron chi connectivity index (χ3n) is 4.21. The molecule has 0 fully saturated rings. The van der Waals surface area contributed by atoms with Gasteiger partial charge in [-0.1, -0.05) is 0 Å². The standard InChI is InChI=1S/C18H20F3N3O3S/c1-10(2)28(26,27)24-14-7-5-13(6-8-14)17(25)23-16-12(4)11(3)15(9-22-16)18(19,20)21/h5-10,24H,1-4H3,(H,22,23,25). The Hall–Kier alpha value is -2.62. The first-order chi connectivity index (χ1) is 12.8. The molecule has 2 rings (SSSR count). The van der Waals surface area contributed by atoms with Crippen molar-refractivity contribution in [1.82, 2.24) is 4.98 Å². The fourth-order valence-electron chi connectivity index (χ4n) is 2.27. The molecule has 152 valence electrons. The van der Waals surface area contributed by atoms with E-state index in [1.165, 1.54) is 52.0 Å². The van der Waals surface area contributed by atoms with E-state index in [1.807, 2.05) is 0 Å². The second-order valence-corrected chi connectivity index (χ2v) is 8.73. The number of hydrogen-bond acceptors (Lipinski definition) is 4. The van der Waals surface area contributed by atoms with Crippen LogP contribution in [0.15, 0.2) is 30.5 Å². The molecule has 6 nitrogen and oxygen atoms in total. The van der Waals surface area contributed by atoms with Crippen LogP contribution in [0.5, 0.6) is 0 Å². The zero-order chi connectivity index (χ0) is 21.3. The number of rotatable bonds is 5. The van der Waals surface area contributed by atoms with Crippen LogP contribution in [0, 0.1) is 13.8 Å². The highest BCUT2D eigenvalue weighted by atomic mass is 32.2. The van der Waals surface area contributed by atoms with Gasteiger partial charge in [-0.05, 0) is 63.1 Å². The van der Waals surface area contributed by atoms with Gasteiger partial charge in [0.25, 0.3) is 5.91 Å². The molecule has 2 N–H and O–H groups in total. The lowest BCUT2D eigenvalue weighted by molar-refractivity contribution is -0.138. The predicted octanol–water partition coefficient (Wildman–Crippen LogP) is 4.12. The van der Waals surface area contributed by atoms with Gasteiger partial charge in [0.15, 0.2) is 0 Å². The Balaban J connectivity index is 2.19. The van der Waals surface area contributed by atoms with Gasteiger partial charge in [0.2, 0.25) is 10.0 Å². The van der Waals surface area contributed by atoms with Crippen molar-refractivity contribution in [2.75, 3.05) is 10.0 Å². The van der Waals surface area contributed by atoms with Crippen LogP contribution >= 0.6 is 0 Å². The van der Waals surface area contributed by atoms with Crippen molar-refractivity contribution in [1.29, 1.82) is 0 Å². The van der Waals surface area contributed by atoms with Crippen LogP contribution in [0.25, 0.3) is 0 Å². The van der Waals surface area contributed by atoms with Crippen molar-refractivity contribution in [3.05, 3.63) is 52.7 Å². The molecule has 0 aliphatic heterocycles. The number of sulfonamides is 1. The summed E-state index contributed by atoms with van der Waals surface area (Å²) in [5.41, 5.74) is -0.165. The van der Waals surface area contributed by atoms with E-state index in [-0.39, 0.29) is 22.5 Å². The van der Waals surface area contributed by atoms with Crippen LogP contribution in [-0.4, -0.2) is 24.6 Å². The zero-order valence-electron chi connectivity index (χ0n) is 15.7. The summed E-state index contributed by atoms with van der Waals surface area (Å²) in [6.07, 6.45) is -3.84. The van der Waals surface area contributed by atoms with Crippen molar-refractivity contribution in [3.63, 3.8) is 0 Å². The fourth-order valence-corrected chi connectivity index (χ4v) is 2.97. The molecule has 0 bridgehead atoms. The third-order valence-corrected chi connectivity index (χ3v) is 5.97. The largest absolute Gasteiger partial charge is 0.418 e. The van der Waals surface area contributed by atoms with Crippen molar-refractivity contribution in [2.45, 2.75) is 39.1 Å². The summed E-state index contributed by atoms with van der Waals surface area (Å²) in [6, 6.07) is 5.65. The van der Waals surface area contributed by atoms with Crippen LogP contribution in [0.3, 0.4) is 0 Å². The number of hydrogen-bond donors (Lipinski definition) is 2. The van der Waals surface area contributed by atoms with Gasteiger partial charge in [0, 0.05) is 17.4 Å². The van der Waals surface area contributed by atoms with E-state index in [0.717, 1.165) is 0 Å². The minimum Gasteiger partial charge on any atom is -0.306 e. The Morgan fingerprint density at radius 2 is 1.64 bits per heavy atom. The lowest BCUT2D eigenvalue weighted by Crippen LogP contribution is -2.22. The number of alkyl halides is 3. The smallest absolute Gasteiger partial charge is 0.306 e. The summed E-state index contributed by atoms with van der Waals surface area (Å²) in [7, 11) is -3.51. The SMILES string of the molecule is Cc1c(C(F)(F)F)cnc(NC(=O)c2ccc(NS(=O)(=O)C(C)C)cc2)c1C. The summed E-state index contributed by atoms with van der Waals surface area (Å²) < 4.78 is 64.8. The molecule has 1 aromatic carbocycles. The number of halogens is 3. The van der Waals surface area contributed by atoms with Gasteiger partial charge in [0.1, 0.15) is 5.82 Å². The number of amides is 1. The maximum Gasteiger partial charge on any atom is 0.418 e. The maximum absolute atomic E-state index is 12.9. The molecule has 1 heterocycles. The molecule has 0 unspecified atom stereocenters. The van der Waals surface area contributed by atoms with Gasteiger partial charge in [0.05, 0.1) is 10.8 Å². The van der Waals surface area contributed by atoms with Crippen molar-refractivity contribution in [2.24, 2.45) is 0 Å². The zero-order valence-corrected chi connectivity index (χ0v) is 16.5. The van der Waals surface area contributed by atoms with Gasteiger partial charge in [-0.25, -0.2) is 13.4 Å². The van der Waals surface area contributed by atoms with E-state index in [1.54, 1.807) is 0 Å². The van der Waals surface area contributed by atoms with Gasteiger partial charge >= 0.3 is 6.18 Å². The quantitative estimate of drug-likeness (QED) is 0.769. The predicted molar refractivity (Wildman–Crippen MR) is 101 cm³/mol. The highest BCUT2D eigenvalue weighted by Gasteiger charge is 2.34. The molecule has 2 aromatic rings. The number of carbonyl (C=O) groups excluding carboxylic acids is 1. The molecule has 0 aliphatic rings. The Morgan fingerprint density at radius 3 is 2.14 bits per heavy atom. The monoisotopic (exact) mass is 415 g/mol. The van der Waals surface area contributed by atoms with E-state index in [9.17, 15) is 26.4 Å². The van der Waals surface area contributed by atoms with Crippen LogP contribution in [0.1, 0.15) is 40.9 Å². The third kappa shape index (κ3) is 4.80. The molecule has 1 aromatic heterocycles. The molecular formula is C18H20F3N3O3S. The first kappa shape index (κ1) is 21.7. The maximum atomic E-state index is 12.9. The first-order valence-electron chi connectivity index (χ1n) is 8.29. The summed E-state index contributed by atoms with van der Waals surface area (Å²) >= 11 is 0. The molecule has 0 saturated carbocycles. The number of benzene rings is 1. The minimum atomic E-state index is -4.52. The number of nitrogens with zero attached hydrogens (tertiary/aromatic N) is 1. The number of pyridine rings is 1. The first-order valence-corrected chi connectivity index (χ1v) is 9.84. The molecular weight excluding hydrogens is 395 g/mol. The fraction of sp³-hybridized carbons (Fsp3) is 0.333. The molecule has 28 heavy (non-hydrogen) atoms. The molecule has 10 heteroatoms. The molecule has 0 saturated heterocycles. The topological polar surface area (TPSA) is 88.2 Å². The van der Waals surface area contributed by atoms with E-state index < -0.39 is 32.9 Å². The van der Waals surface area contributed by atoms with Crippen LogP contribution in [0.2, 0.25) is 0 Å². The Bertz CT molecular complexity index is 986. The van der Waals surface area contributed by atoms with Crippen LogP contribution in [-0.2, 0) is 16.2 Å². The normalized spacial score (nSPS) is 12.1. The molecule has 0 atom stereocenters. The Kier molecular flexibility index (Phi) is 6.03. The Morgan fingerprint density at radius 1 is 1.07 bits per heavy atom. The molecule has 0 radical (unpaired) electrons. The molecule has 1 amide bonds. The van der Waals surface area contributed by atoms with Gasteiger partial charge in [-0.2, -0.15) is 13.2 Å². The van der Waals surface area contributed by atoms with Crippen molar-refractivity contribution < 1.29 is 26.4 Å². The highest BCUT2D eigenvalue weighted by Crippen LogP contribution is 2.34. The van der Waals surface area contributed by atoms with Gasteiger partial charge in [-0.3, -0.25) is 9.52 Å². The van der Waals surface area contributed by atoms with Crippen LogP contribution < -0.4 is 10.0 Å². The average molecular weight is 415 g/mol. The second-order valence-electron chi connectivity index (χ2n) is 6.50. The van der Waals surface area contributed by atoms with Gasteiger partial charge in [-0.15, -0.1) is 0 Å². The van der Waals surface area contributed by atoms with E-state index in [4.69, 9.17) is 0 Å². The summed E-state index contributed by atoms with van der Waals surface area (Å²) in [6.45, 7) is 5.82. The highest BCUT2D eigenvalue weighted by molar-refractivity contribution is 7.93. The van der Waals surface area contributed by atoms with E-state index >= 15 is 0 Å². The molecule has 0 aliphatic carbocycles. The Labute approximate surface area is 161 Å². The number of nitrogens with one attached hydrogen (secondary N) is 2. The minimum absolute atomic E-state index is 0.0174. The van der Waals surface area contributed by atoms with E-state index in [0.29, 0.717) is 11.9 Å². The van der Waals surface area contributed by atoms with Crippen molar-refractivity contribution in [3.8, 4) is 0 Å². The lowest BCUT2D eigenvalue weighted by atomic mass is 10.1. The average Bonchev–Trinajstić information content (AvgIpc) is 2.58. The molecule has 0 spiro atoms.